The first-order chi connectivity index (χ1) is 14.3. The molecule has 0 aromatic heterocycles. The molecule has 0 radical (unpaired) electrons. The molecule has 2 unspecified atom stereocenters. The van der Waals surface area contributed by atoms with Crippen LogP contribution in [0.4, 0.5) is 14.9 Å². The second-order valence-electron chi connectivity index (χ2n) is 8.24. The van der Waals surface area contributed by atoms with Gasteiger partial charge in [-0.2, -0.15) is 4.99 Å². The molecule has 2 amide bonds. The van der Waals surface area contributed by atoms with Gasteiger partial charge in [-0.25, -0.2) is 17.6 Å². The standard InChI is InChI=1S/C19H23ClFN3O5S2/c1-19(2,3)29-18(26)22-7-6-16(25)23-17-24(11-4-5-13(21)12(20)8-11)14-9-31(27,28)10-15(14)30-17/h4-5,8,14-15H,6-7,9-10H2,1-3H3,(H,22,26). The van der Waals surface area contributed by atoms with Gasteiger partial charge in [-0.1, -0.05) is 23.4 Å². The van der Waals surface area contributed by atoms with E-state index in [1.807, 2.05) is 0 Å². The summed E-state index contributed by atoms with van der Waals surface area (Å²) in [6, 6.07) is 3.61. The number of benzene rings is 1. The van der Waals surface area contributed by atoms with Gasteiger partial charge >= 0.3 is 6.09 Å². The highest BCUT2D eigenvalue weighted by atomic mass is 35.5. The first kappa shape index (κ1) is 23.8. The van der Waals surface area contributed by atoms with Crippen LogP contribution in [0.1, 0.15) is 27.2 Å². The Labute approximate surface area is 189 Å². The summed E-state index contributed by atoms with van der Waals surface area (Å²) in [6.07, 6.45) is -0.694. The molecule has 2 aliphatic rings. The van der Waals surface area contributed by atoms with Gasteiger partial charge in [0.15, 0.2) is 15.0 Å². The fourth-order valence-electron chi connectivity index (χ4n) is 3.25. The predicted octanol–water partition coefficient (Wildman–Crippen LogP) is 3.00. The van der Waals surface area contributed by atoms with Crippen molar-refractivity contribution in [3.63, 3.8) is 0 Å². The molecule has 2 aliphatic heterocycles. The number of alkyl carbamates (subject to hydrolysis) is 1. The highest BCUT2D eigenvalue weighted by molar-refractivity contribution is 8.16. The van der Waals surface area contributed by atoms with Gasteiger partial charge in [-0.3, -0.25) is 4.79 Å². The third kappa shape index (κ3) is 6.11. The third-order valence-electron chi connectivity index (χ3n) is 4.48. The van der Waals surface area contributed by atoms with Crippen LogP contribution in [0, 0.1) is 5.82 Å². The number of aliphatic imine (C=N–C) groups is 1. The van der Waals surface area contributed by atoms with Crippen LogP contribution in [0.2, 0.25) is 5.02 Å². The van der Waals surface area contributed by atoms with Crippen LogP contribution in [0.25, 0.3) is 0 Å². The van der Waals surface area contributed by atoms with E-state index < -0.39 is 39.3 Å². The Kier molecular flexibility index (Phi) is 6.87. The number of fused-ring (bicyclic) bond motifs is 1. The number of anilines is 1. The summed E-state index contributed by atoms with van der Waals surface area (Å²) in [5.41, 5.74) is -0.189. The number of sulfone groups is 1. The Morgan fingerprint density at radius 1 is 1.35 bits per heavy atom. The maximum absolute atomic E-state index is 13.6. The van der Waals surface area contributed by atoms with Gasteiger partial charge in [-0.05, 0) is 39.0 Å². The van der Waals surface area contributed by atoms with Crippen LogP contribution < -0.4 is 10.2 Å². The maximum atomic E-state index is 13.6. The fraction of sp³-hybridized carbons (Fsp3) is 0.526. The van der Waals surface area contributed by atoms with Crippen LogP contribution in [0.3, 0.4) is 0 Å². The topological polar surface area (TPSA) is 105 Å². The molecule has 2 saturated heterocycles. The normalized spacial score (nSPS) is 23.6. The molecule has 1 aromatic carbocycles. The van der Waals surface area contributed by atoms with Crippen molar-refractivity contribution in [2.24, 2.45) is 4.99 Å². The van der Waals surface area contributed by atoms with Gasteiger partial charge < -0.3 is 15.0 Å². The van der Waals surface area contributed by atoms with E-state index in [2.05, 4.69) is 10.3 Å². The summed E-state index contributed by atoms with van der Waals surface area (Å²) < 4.78 is 42.9. The van der Waals surface area contributed by atoms with Crippen molar-refractivity contribution in [2.45, 2.75) is 44.1 Å². The predicted molar refractivity (Wildman–Crippen MR) is 119 cm³/mol. The molecule has 0 saturated carbocycles. The zero-order valence-electron chi connectivity index (χ0n) is 17.2. The van der Waals surface area contributed by atoms with E-state index in [-0.39, 0.29) is 34.7 Å². The van der Waals surface area contributed by atoms with Crippen LogP contribution in [0.5, 0.6) is 0 Å². The minimum Gasteiger partial charge on any atom is -0.444 e. The monoisotopic (exact) mass is 491 g/mol. The highest BCUT2D eigenvalue weighted by Gasteiger charge is 2.49. The number of carbonyl (C=O) groups is 2. The summed E-state index contributed by atoms with van der Waals surface area (Å²) in [4.78, 5) is 29.8. The van der Waals surface area contributed by atoms with Crippen molar-refractivity contribution in [2.75, 3.05) is 23.0 Å². The van der Waals surface area contributed by atoms with E-state index in [0.717, 1.165) is 0 Å². The summed E-state index contributed by atoms with van der Waals surface area (Å²) >= 11 is 7.10. The number of amidine groups is 1. The molecular weight excluding hydrogens is 469 g/mol. The number of hydrogen-bond acceptors (Lipinski definition) is 6. The molecule has 3 rings (SSSR count). The Balaban J connectivity index is 1.74. The first-order valence-corrected chi connectivity index (χ1v) is 12.6. The Hall–Kier alpha value is -1.85. The van der Waals surface area contributed by atoms with Crippen molar-refractivity contribution in [3.8, 4) is 0 Å². The summed E-state index contributed by atoms with van der Waals surface area (Å²) in [5.74, 6) is -1.20. The minimum absolute atomic E-state index is 0.0266. The summed E-state index contributed by atoms with van der Waals surface area (Å²) in [6.45, 7) is 5.23. The number of ether oxygens (including phenoxy) is 1. The van der Waals surface area contributed by atoms with Gasteiger partial charge in [0, 0.05) is 23.9 Å². The van der Waals surface area contributed by atoms with Crippen molar-refractivity contribution in [3.05, 3.63) is 29.0 Å². The van der Waals surface area contributed by atoms with E-state index in [4.69, 9.17) is 16.3 Å². The molecule has 8 nitrogen and oxygen atoms in total. The highest BCUT2D eigenvalue weighted by Crippen LogP contribution is 2.41. The summed E-state index contributed by atoms with van der Waals surface area (Å²) in [5, 5.41) is 2.42. The van der Waals surface area contributed by atoms with Crippen molar-refractivity contribution < 1.29 is 27.1 Å². The molecule has 170 valence electrons. The smallest absolute Gasteiger partial charge is 0.407 e. The molecule has 12 heteroatoms. The number of hydrogen-bond donors (Lipinski definition) is 1. The molecule has 1 aromatic rings. The lowest BCUT2D eigenvalue weighted by Gasteiger charge is -2.24. The molecule has 1 N–H and O–H groups in total. The second kappa shape index (κ2) is 8.95. The number of nitrogens with zero attached hydrogens (tertiary/aromatic N) is 2. The number of halogens is 2. The molecule has 2 heterocycles. The van der Waals surface area contributed by atoms with Gasteiger partial charge in [0.05, 0.1) is 22.6 Å². The average molecular weight is 492 g/mol. The van der Waals surface area contributed by atoms with Crippen LogP contribution >= 0.6 is 23.4 Å². The average Bonchev–Trinajstić information content (AvgIpc) is 3.06. The number of thioether (sulfide) groups is 1. The second-order valence-corrected chi connectivity index (χ2v) is 12.0. The Morgan fingerprint density at radius 2 is 2.06 bits per heavy atom. The number of nitrogens with one attached hydrogen (secondary N) is 1. The zero-order chi connectivity index (χ0) is 23.0. The molecule has 2 fully saturated rings. The lowest BCUT2D eigenvalue weighted by atomic mass is 10.2. The number of amides is 2. The van der Waals surface area contributed by atoms with Gasteiger partial charge in [0.1, 0.15) is 11.4 Å². The van der Waals surface area contributed by atoms with E-state index in [0.29, 0.717) is 10.9 Å². The van der Waals surface area contributed by atoms with Crippen molar-refractivity contribution >= 4 is 56.1 Å². The lowest BCUT2D eigenvalue weighted by molar-refractivity contribution is -0.117. The van der Waals surface area contributed by atoms with Gasteiger partial charge in [0.2, 0.25) is 5.91 Å². The van der Waals surface area contributed by atoms with Gasteiger partial charge in [0.25, 0.3) is 0 Å². The van der Waals surface area contributed by atoms with Crippen molar-refractivity contribution in [1.29, 1.82) is 0 Å². The Bertz CT molecular complexity index is 1030. The third-order valence-corrected chi connectivity index (χ3v) is 7.97. The van der Waals surface area contributed by atoms with E-state index in [9.17, 15) is 22.4 Å². The number of carbonyl (C=O) groups excluding carboxylic acids is 2. The SMILES string of the molecule is CC(C)(C)OC(=O)NCCC(=O)N=C1SC2CS(=O)(=O)CC2N1c1ccc(F)c(Cl)c1. The molecule has 0 spiro atoms. The van der Waals surface area contributed by atoms with Crippen LogP contribution in [-0.2, 0) is 19.4 Å². The minimum atomic E-state index is -3.23. The molecule has 0 aliphatic carbocycles. The molecule has 0 bridgehead atoms. The lowest BCUT2D eigenvalue weighted by Crippen LogP contribution is -2.38. The fourth-order valence-corrected chi connectivity index (χ4v) is 7.36. The van der Waals surface area contributed by atoms with Crippen molar-refractivity contribution in [1.82, 2.24) is 5.32 Å². The van der Waals surface area contributed by atoms with E-state index >= 15 is 0 Å². The first-order valence-electron chi connectivity index (χ1n) is 9.54. The van der Waals surface area contributed by atoms with E-state index in [1.54, 1.807) is 25.7 Å². The van der Waals surface area contributed by atoms with Gasteiger partial charge in [-0.15, -0.1) is 0 Å². The largest absolute Gasteiger partial charge is 0.444 e. The summed E-state index contributed by atoms with van der Waals surface area (Å²) in [7, 11) is -3.23. The molecule has 2 atom stereocenters. The molecule has 31 heavy (non-hydrogen) atoms. The van der Waals surface area contributed by atoms with Crippen LogP contribution in [0.15, 0.2) is 23.2 Å². The molecular formula is C19H23ClFN3O5S2. The zero-order valence-corrected chi connectivity index (χ0v) is 19.6. The Morgan fingerprint density at radius 3 is 2.71 bits per heavy atom. The quantitative estimate of drug-likeness (QED) is 0.690. The number of rotatable bonds is 4. The van der Waals surface area contributed by atoms with Crippen LogP contribution in [-0.4, -0.2) is 60.5 Å². The van der Waals surface area contributed by atoms with E-state index in [1.165, 1.54) is 30.0 Å². The maximum Gasteiger partial charge on any atom is 0.407 e.